The summed E-state index contributed by atoms with van der Waals surface area (Å²) in [5, 5.41) is 3.09. The summed E-state index contributed by atoms with van der Waals surface area (Å²) >= 11 is 0. The number of ether oxygens (including phenoxy) is 1. The second kappa shape index (κ2) is 3.96. The number of fused-ring (bicyclic) bond motifs is 1. The lowest BCUT2D eigenvalue weighted by Crippen LogP contribution is -2.13. The average molecular weight is 195 g/mol. The van der Waals surface area contributed by atoms with E-state index in [4.69, 9.17) is 4.74 Å². The molecule has 0 saturated heterocycles. The summed E-state index contributed by atoms with van der Waals surface area (Å²) in [4.78, 5) is 0. The van der Waals surface area contributed by atoms with Gasteiger partial charge in [-0.25, -0.2) is 4.39 Å². The first-order valence-electron chi connectivity index (χ1n) is 4.88. The van der Waals surface area contributed by atoms with Gasteiger partial charge in [0.1, 0.15) is 11.6 Å². The molecule has 0 bridgehead atoms. The number of halogens is 1. The Bertz CT molecular complexity index is 327. The van der Waals surface area contributed by atoms with Crippen LogP contribution in [-0.4, -0.2) is 20.2 Å². The molecule has 2 nitrogen and oxygen atoms in total. The van der Waals surface area contributed by atoms with Gasteiger partial charge < -0.3 is 10.1 Å². The van der Waals surface area contributed by atoms with Crippen LogP contribution in [0.1, 0.15) is 17.9 Å². The van der Waals surface area contributed by atoms with Gasteiger partial charge in [-0.15, -0.1) is 0 Å². The lowest BCUT2D eigenvalue weighted by Gasteiger charge is -2.07. The Kier molecular flexibility index (Phi) is 2.68. The third kappa shape index (κ3) is 1.73. The molecule has 0 aromatic heterocycles. The normalized spacial score (nSPS) is 19.1. The first-order valence-corrected chi connectivity index (χ1v) is 4.88. The number of hydrogen-bond acceptors (Lipinski definition) is 2. The second-order valence-corrected chi connectivity index (χ2v) is 3.58. The lowest BCUT2D eigenvalue weighted by molar-refractivity contribution is 0.324. The van der Waals surface area contributed by atoms with Crippen molar-refractivity contribution < 1.29 is 9.13 Å². The molecule has 0 spiro atoms. The maximum Gasteiger partial charge on any atom is 0.123 e. The van der Waals surface area contributed by atoms with E-state index in [-0.39, 0.29) is 5.82 Å². The van der Waals surface area contributed by atoms with Crippen LogP contribution in [0, 0.1) is 5.82 Å². The third-order valence-corrected chi connectivity index (χ3v) is 2.59. The molecule has 14 heavy (non-hydrogen) atoms. The molecule has 3 heteroatoms. The summed E-state index contributed by atoms with van der Waals surface area (Å²) in [6.45, 7) is 1.62. The Hall–Kier alpha value is -1.09. The highest BCUT2D eigenvalue weighted by Gasteiger charge is 2.23. The van der Waals surface area contributed by atoms with Crippen molar-refractivity contribution in [2.45, 2.75) is 12.3 Å². The van der Waals surface area contributed by atoms with E-state index in [1.807, 2.05) is 7.05 Å². The van der Waals surface area contributed by atoms with Crippen LogP contribution in [0.25, 0.3) is 0 Å². The molecular formula is C11H14FNO. The Morgan fingerprint density at radius 3 is 3.21 bits per heavy atom. The number of rotatable bonds is 3. The number of nitrogens with one attached hydrogen (secondary N) is 1. The van der Waals surface area contributed by atoms with E-state index in [1.54, 1.807) is 12.1 Å². The zero-order valence-corrected chi connectivity index (χ0v) is 8.22. The van der Waals surface area contributed by atoms with Crippen LogP contribution in [0.4, 0.5) is 4.39 Å². The van der Waals surface area contributed by atoms with E-state index >= 15 is 0 Å². The molecule has 1 unspecified atom stereocenters. The van der Waals surface area contributed by atoms with Crippen molar-refractivity contribution >= 4 is 0 Å². The Labute approximate surface area is 83.1 Å². The molecule has 1 atom stereocenters. The fourth-order valence-electron chi connectivity index (χ4n) is 1.81. The summed E-state index contributed by atoms with van der Waals surface area (Å²) in [6, 6.07) is 4.74. The Morgan fingerprint density at radius 1 is 1.57 bits per heavy atom. The van der Waals surface area contributed by atoms with Gasteiger partial charge in [0.15, 0.2) is 0 Å². The van der Waals surface area contributed by atoms with Crippen molar-refractivity contribution in [3.63, 3.8) is 0 Å². The summed E-state index contributed by atoms with van der Waals surface area (Å²) < 4.78 is 18.5. The van der Waals surface area contributed by atoms with E-state index in [1.165, 1.54) is 6.07 Å². The third-order valence-electron chi connectivity index (χ3n) is 2.59. The number of hydrogen-bond donors (Lipinski definition) is 1. The van der Waals surface area contributed by atoms with Gasteiger partial charge >= 0.3 is 0 Å². The van der Waals surface area contributed by atoms with Gasteiger partial charge in [-0.1, -0.05) is 0 Å². The minimum atomic E-state index is -0.177. The molecule has 1 aromatic carbocycles. The summed E-state index contributed by atoms with van der Waals surface area (Å²) in [5.41, 5.74) is 1.01. The zero-order chi connectivity index (χ0) is 9.97. The van der Waals surface area contributed by atoms with Gasteiger partial charge in [-0.05, 0) is 38.2 Å². The van der Waals surface area contributed by atoms with Crippen LogP contribution < -0.4 is 10.1 Å². The summed E-state index contributed by atoms with van der Waals surface area (Å²) in [6.07, 6.45) is 0.993. The standard InChI is InChI=1S/C11H14FNO/c1-13-5-4-8-7-14-11-3-2-9(12)6-10(8)11/h2-3,6,8,13H,4-5,7H2,1H3. The number of benzene rings is 1. The van der Waals surface area contributed by atoms with Gasteiger partial charge in [0.2, 0.25) is 0 Å². The van der Waals surface area contributed by atoms with Crippen molar-refractivity contribution in [2.75, 3.05) is 20.2 Å². The lowest BCUT2D eigenvalue weighted by atomic mass is 9.98. The van der Waals surface area contributed by atoms with Crippen molar-refractivity contribution in [2.24, 2.45) is 0 Å². The molecule has 2 rings (SSSR count). The predicted octanol–water partition coefficient (Wildman–Crippen LogP) is 1.91. The molecule has 1 aliphatic heterocycles. The fourth-order valence-corrected chi connectivity index (χ4v) is 1.81. The van der Waals surface area contributed by atoms with Gasteiger partial charge in [-0.2, -0.15) is 0 Å². The zero-order valence-electron chi connectivity index (χ0n) is 8.22. The van der Waals surface area contributed by atoms with Crippen LogP contribution in [-0.2, 0) is 0 Å². The van der Waals surface area contributed by atoms with Crippen LogP contribution >= 0.6 is 0 Å². The largest absolute Gasteiger partial charge is 0.493 e. The topological polar surface area (TPSA) is 21.3 Å². The van der Waals surface area contributed by atoms with E-state index in [0.717, 1.165) is 24.3 Å². The van der Waals surface area contributed by atoms with Gasteiger partial charge in [0.25, 0.3) is 0 Å². The van der Waals surface area contributed by atoms with Gasteiger partial charge in [0.05, 0.1) is 6.61 Å². The second-order valence-electron chi connectivity index (χ2n) is 3.58. The fraction of sp³-hybridized carbons (Fsp3) is 0.455. The van der Waals surface area contributed by atoms with Crippen LogP contribution in [0.5, 0.6) is 5.75 Å². The average Bonchev–Trinajstić information content (AvgIpc) is 2.57. The van der Waals surface area contributed by atoms with Crippen molar-refractivity contribution in [1.82, 2.24) is 5.32 Å². The van der Waals surface area contributed by atoms with Gasteiger partial charge in [0, 0.05) is 11.5 Å². The molecule has 0 fully saturated rings. The summed E-state index contributed by atoms with van der Waals surface area (Å²) in [5.74, 6) is 1.00. The van der Waals surface area contributed by atoms with Crippen LogP contribution in [0.15, 0.2) is 18.2 Å². The van der Waals surface area contributed by atoms with E-state index in [9.17, 15) is 4.39 Å². The highest BCUT2D eigenvalue weighted by atomic mass is 19.1. The molecule has 1 heterocycles. The van der Waals surface area contributed by atoms with Crippen molar-refractivity contribution in [3.05, 3.63) is 29.6 Å². The predicted molar refractivity (Wildman–Crippen MR) is 53.2 cm³/mol. The van der Waals surface area contributed by atoms with E-state index in [0.29, 0.717) is 12.5 Å². The molecule has 0 amide bonds. The molecule has 0 saturated carbocycles. The van der Waals surface area contributed by atoms with Crippen LogP contribution in [0.3, 0.4) is 0 Å². The Morgan fingerprint density at radius 2 is 2.43 bits per heavy atom. The first-order chi connectivity index (χ1) is 6.81. The molecule has 0 radical (unpaired) electrons. The maximum atomic E-state index is 13.0. The van der Waals surface area contributed by atoms with E-state index in [2.05, 4.69) is 5.32 Å². The van der Waals surface area contributed by atoms with E-state index < -0.39 is 0 Å². The molecule has 1 N–H and O–H groups in total. The molecule has 0 aliphatic carbocycles. The summed E-state index contributed by atoms with van der Waals surface area (Å²) in [7, 11) is 1.92. The minimum absolute atomic E-state index is 0.177. The molecule has 1 aromatic rings. The molecule has 76 valence electrons. The van der Waals surface area contributed by atoms with Crippen LogP contribution in [0.2, 0.25) is 0 Å². The van der Waals surface area contributed by atoms with Crippen molar-refractivity contribution in [1.29, 1.82) is 0 Å². The molecule has 1 aliphatic rings. The van der Waals surface area contributed by atoms with Gasteiger partial charge in [-0.3, -0.25) is 0 Å². The Balaban J connectivity index is 2.16. The molecular weight excluding hydrogens is 181 g/mol. The minimum Gasteiger partial charge on any atom is -0.493 e. The first kappa shape index (κ1) is 9.46. The monoisotopic (exact) mass is 195 g/mol. The maximum absolute atomic E-state index is 13.0. The smallest absolute Gasteiger partial charge is 0.123 e. The quantitative estimate of drug-likeness (QED) is 0.795. The highest BCUT2D eigenvalue weighted by Crippen LogP contribution is 2.35. The van der Waals surface area contributed by atoms with Crippen molar-refractivity contribution in [3.8, 4) is 5.75 Å². The SMILES string of the molecule is CNCCC1COc2ccc(F)cc21. The highest BCUT2D eigenvalue weighted by molar-refractivity contribution is 5.40.